The number of benzene rings is 1. The van der Waals surface area contributed by atoms with Crippen LogP contribution in [0.25, 0.3) is 11.1 Å². The first-order valence-electron chi connectivity index (χ1n) is 5.07. The summed E-state index contributed by atoms with van der Waals surface area (Å²) in [6.45, 7) is 0. The van der Waals surface area contributed by atoms with E-state index in [0.29, 0.717) is 10.9 Å². The standard InChI is InChI=1S/C12H12BrNO3/c1-14-11(15)10(12(16-2)17-14)9-6-4-3-5-8(9)7-13/h3-6H,7H2,1-2H3. The third-order valence-electron chi connectivity index (χ3n) is 2.54. The van der Waals surface area contributed by atoms with Crippen molar-refractivity contribution in [2.75, 3.05) is 7.11 Å². The molecule has 17 heavy (non-hydrogen) atoms. The number of alkyl halides is 1. The summed E-state index contributed by atoms with van der Waals surface area (Å²) in [6, 6.07) is 7.64. The Kier molecular flexibility index (Phi) is 3.38. The van der Waals surface area contributed by atoms with Crippen molar-refractivity contribution in [2.45, 2.75) is 5.33 Å². The maximum atomic E-state index is 12.0. The number of nitrogens with zero attached hydrogens (tertiary/aromatic N) is 1. The van der Waals surface area contributed by atoms with E-state index < -0.39 is 0 Å². The highest BCUT2D eigenvalue weighted by molar-refractivity contribution is 9.08. The lowest BCUT2D eigenvalue weighted by Gasteiger charge is -2.04. The lowest BCUT2D eigenvalue weighted by atomic mass is 10.0. The van der Waals surface area contributed by atoms with Crippen molar-refractivity contribution in [3.8, 4) is 17.1 Å². The second-order valence-corrected chi connectivity index (χ2v) is 4.11. The van der Waals surface area contributed by atoms with E-state index in [-0.39, 0.29) is 11.5 Å². The highest BCUT2D eigenvalue weighted by Gasteiger charge is 2.19. The normalized spacial score (nSPS) is 10.5. The molecule has 0 aliphatic rings. The Morgan fingerprint density at radius 3 is 2.76 bits per heavy atom. The molecule has 0 radical (unpaired) electrons. The second-order valence-electron chi connectivity index (χ2n) is 3.55. The molecule has 0 N–H and O–H groups in total. The number of halogens is 1. The molecule has 0 aliphatic carbocycles. The Bertz CT molecular complexity index is 586. The van der Waals surface area contributed by atoms with Crippen molar-refractivity contribution in [1.82, 2.24) is 4.74 Å². The lowest BCUT2D eigenvalue weighted by Crippen LogP contribution is -2.11. The molecule has 0 unspecified atom stereocenters. The first-order valence-corrected chi connectivity index (χ1v) is 6.19. The zero-order valence-corrected chi connectivity index (χ0v) is 11.2. The lowest BCUT2D eigenvalue weighted by molar-refractivity contribution is 0.208. The summed E-state index contributed by atoms with van der Waals surface area (Å²) in [6.07, 6.45) is 0. The maximum Gasteiger partial charge on any atom is 0.320 e. The van der Waals surface area contributed by atoms with Gasteiger partial charge in [-0.15, -0.1) is 0 Å². The number of ether oxygens (including phenoxy) is 1. The van der Waals surface area contributed by atoms with Gasteiger partial charge in [0, 0.05) is 12.4 Å². The summed E-state index contributed by atoms with van der Waals surface area (Å²) in [7, 11) is 3.05. The Labute approximate surface area is 107 Å². The van der Waals surface area contributed by atoms with Crippen LogP contribution in [0.3, 0.4) is 0 Å². The highest BCUT2D eigenvalue weighted by atomic mass is 79.9. The van der Waals surface area contributed by atoms with Crippen molar-refractivity contribution in [1.29, 1.82) is 0 Å². The Hall–Kier alpha value is -1.49. The summed E-state index contributed by atoms with van der Waals surface area (Å²) in [5.74, 6) is 0.242. The minimum absolute atomic E-state index is 0.199. The second kappa shape index (κ2) is 4.79. The van der Waals surface area contributed by atoms with Crippen LogP contribution in [0.4, 0.5) is 0 Å². The Balaban J connectivity index is 2.72. The van der Waals surface area contributed by atoms with Crippen LogP contribution in [0.2, 0.25) is 0 Å². The summed E-state index contributed by atoms with van der Waals surface area (Å²) in [4.78, 5) is 12.0. The molecular weight excluding hydrogens is 286 g/mol. The molecule has 0 saturated carbocycles. The average molecular weight is 298 g/mol. The Morgan fingerprint density at radius 1 is 1.41 bits per heavy atom. The van der Waals surface area contributed by atoms with E-state index in [4.69, 9.17) is 9.26 Å². The quantitative estimate of drug-likeness (QED) is 0.818. The van der Waals surface area contributed by atoms with Gasteiger partial charge in [-0.05, 0) is 11.1 Å². The fraction of sp³-hybridized carbons (Fsp3) is 0.250. The molecule has 90 valence electrons. The number of hydrogen-bond acceptors (Lipinski definition) is 3. The summed E-state index contributed by atoms with van der Waals surface area (Å²) in [5, 5.41) is 0.667. The van der Waals surface area contributed by atoms with Crippen LogP contribution in [0, 0.1) is 0 Å². The molecule has 0 amide bonds. The summed E-state index contributed by atoms with van der Waals surface area (Å²) in [5.41, 5.74) is 2.11. The van der Waals surface area contributed by atoms with Gasteiger partial charge in [0.05, 0.1) is 7.11 Å². The number of aromatic nitrogens is 1. The molecule has 2 aromatic rings. The van der Waals surface area contributed by atoms with Crippen molar-refractivity contribution in [2.24, 2.45) is 7.05 Å². The largest absolute Gasteiger partial charge is 0.467 e. The molecule has 1 heterocycles. The number of rotatable bonds is 3. The third-order valence-corrected chi connectivity index (χ3v) is 3.14. The van der Waals surface area contributed by atoms with Crippen LogP contribution in [0.5, 0.6) is 5.95 Å². The van der Waals surface area contributed by atoms with Crippen LogP contribution >= 0.6 is 15.9 Å². The minimum atomic E-state index is -0.199. The fourth-order valence-electron chi connectivity index (χ4n) is 1.70. The average Bonchev–Trinajstić information content (AvgIpc) is 2.65. The van der Waals surface area contributed by atoms with Gasteiger partial charge in [0.25, 0.3) is 5.56 Å². The summed E-state index contributed by atoms with van der Waals surface area (Å²) < 4.78 is 11.5. The van der Waals surface area contributed by atoms with E-state index >= 15 is 0 Å². The van der Waals surface area contributed by atoms with E-state index in [2.05, 4.69) is 15.9 Å². The van der Waals surface area contributed by atoms with Gasteiger partial charge in [0.2, 0.25) is 0 Å². The maximum absolute atomic E-state index is 12.0. The van der Waals surface area contributed by atoms with Crippen LogP contribution in [0.1, 0.15) is 5.56 Å². The van der Waals surface area contributed by atoms with E-state index in [1.54, 1.807) is 7.05 Å². The van der Waals surface area contributed by atoms with Gasteiger partial charge in [-0.25, -0.2) is 0 Å². The Morgan fingerprint density at radius 2 is 2.12 bits per heavy atom. The number of hydrogen-bond donors (Lipinski definition) is 0. The van der Waals surface area contributed by atoms with Gasteiger partial charge in [-0.1, -0.05) is 40.2 Å². The molecule has 1 aromatic heterocycles. The van der Waals surface area contributed by atoms with Crippen molar-refractivity contribution in [3.05, 3.63) is 40.2 Å². The van der Waals surface area contributed by atoms with Crippen molar-refractivity contribution < 1.29 is 9.26 Å². The zero-order valence-electron chi connectivity index (χ0n) is 9.57. The minimum Gasteiger partial charge on any atom is -0.467 e. The number of methoxy groups -OCH3 is 1. The van der Waals surface area contributed by atoms with E-state index in [0.717, 1.165) is 11.1 Å². The molecule has 0 saturated heterocycles. The molecule has 0 spiro atoms. The van der Waals surface area contributed by atoms with Gasteiger partial charge < -0.3 is 9.26 Å². The predicted molar refractivity (Wildman–Crippen MR) is 68.6 cm³/mol. The van der Waals surface area contributed by atoms with Crippen LogP contribution < -0.4 is 10.3 Å². The van der Waals surface area contributed by atoms with Crippen molar-refractivity contribution in [3.63, 3.8) is 0 Å². The van der Waals surface area contributed by atoms with Crippen LogP contribution in [0.15, 0.2) is 33.6 Å². The molecule has 4 nitrogen and oxygen atoms in total. The number of aryl methyl sites for hydroxylation is 1. The molecule has 0 atom stereocenters. The fourth-order valence-corrected chi connectivity index (χ4v) is 2.19. The molecular formula is C12H12BrNO3. The van der Waals surface area contributed by atoms with Crippen molar-refractivity contribution >= 4 is 15.9 Å². The third kappa shape index (κ3) is 2.02. The van der Waals surface area contributed by atoms with Gasteiger partial charge in [-0.2, -0.15) is 4.74 Å². The van der Waals surface area contributed by atoms with Crippen LogP contribution in [-0.2, 0) is 12.4 Å². The molecule has 0 bridgehead atoms. The highest BCUT2D eigenvalue weighted by Crippen LogP contribution is 2.30. The van der Waals surface area contributed by atoms with E-state index in [1.807, 2.05) is 24.3 Å². The topological polar surface area (TPSA) is 44.4 Å². The first-order chi connectivity index (χ1) is 8.19. The predicted octanol–water partition coefficient (Wildman–Crippen LogP) is 2.55. The van der Waals surface area contributed by atoms with Crippen LogP contribution in [-0.4, -0.2) is 11.8 Å². The summed E-state index contributed by atoms with van der Waals surface area (Å²) >= 11 is 3.40. The monoisotopic (exact) mass is 297 g/mol. The van der Waals surface area contributed by atoms with E-state index in [9.17, 15) is 4.79 Å². The molecule has 1 aromatic carbocycles. The smallest absolute Gasteiger partial charge is 0.320 e. The van der Waals surface area contributed by atoms with Gasteiger partial charge in [0.15, 0.2) is 0 Å². The molecule has 0 aliphatic heterocycles. The first kappa shape index (κ1) is 12.0. The molecule has 2 rings (SSSR count). The van der Waals surface area contributed by atoms with E-state index in [1.165, 1.54) is 11.8 Å². The van der Waals surface area contributed by atoms with Gasteiger partial charge >= 0.3 is 5.95 Å². The molecule has 5 heteroatoms. The van der Waals surface area contributed by atoms with Gasteiger partial charge in [-0.3, -0.25) is 4.79 Å². The molecule has 0 fully saturated rings. The SMILES string of the molecule is COc1on(C)c(=O)c1-c1ccccc1CBr. The van der Waals surface area contributed by atoms with Gasteiger partial charge in [0.1, 0.15) is 5.56 Å². The zero-order chi connectivity index (χ0) is 12.4.